The number of benzene rings is 2. The van der Waals surface area contributed by atoms with E-state index in [1.54, 1.807) is 13.3 Å². The number of methoxy groups -OCH3 is 1. The molecule has 0 fully saturated rings. The van der Waals surface area contributed by atoms with E-state index >= 15 is 0 Å². The van der Waals surface area contributed by atoms with Crippen molar-refractivity contribution >= 4 is 23.5 Å². The van der Waals surface area contributed by atoms with Crippen LogP contribution in [0.4, 0.5) is 0 Å². The molecule has 102 valence electrons. The van der Waals surface area contributed by atoms with E-state index < -0.39 is 0 Å². The van der Waals surface area contributed by atoms with Crippen molar-refractivity contribution < 1.29 is 4.74 Å². The Morgan fingerprint density at radius 1 is 1.25 bits per heavy atom. The Morgan fingerprint density at radius 2 is 2.05 bits per heavy atom. The molecule has 0 radical (unpaired) electrons. The fraction of sp³-hybridized carbons (Fsp3) is 0.0667. The lowest BCUT2D eigenvalue weighted by Crippen LogP contribution is -2.23. The van der Waals surface area contributed by atoms with Crippen LogP contribution in [0.2, 0.25) is 0 Å². The van der Waals surface area contributed by atoms with Gasteiger partial charge < -0.3 is 10.5 Å². The van der Waals surface area contributed by atoms with Crippen LogP contribution in [-0.2, 0) is 0 Å². The van der Waals surface area contributed by atoms with Gasteiger partial charge in [-0.1, -0.05) is 36.4 Å². The van der Waals surface area contributed by atoms with Crippen molar-refractivity contribution in [3.8, 4) is 16.9 Å². The van der Waals surface area contributed by atoms with Crippen LogP contribution in [0.3, 0.4) is 0 Å². The molecule has 0 spiro atoms. The molecule has 0 heterocycles. The Kier molecular flexibility index (Phi) is 4.68. The third-order valence-corrected chi connectivity index (χ3v) is 2.78. The van der Waals surface area contributed by atoms with Crippen molar-refractivity contribution in [3.05, 3.63) is 54.1 Å². The van der Waals surface area contributed by atoms with Crippen LogP contribution in [0.25, 0.3) is 11.1 Å². The summed E-state index contributed by atoms with van der Waals surface area (Å²) in [6.07, 6.45) is 1.66. The number of thiocarbonyl (C=S) groups is 1. The third kappa shape index (κ3) is 3.55. The quantitative estimate of drug-likeness (QED) is 0.515. The van der Waals surface area contributed by atoms with Crippen molar-refractivity contribution in [2.24, 2.45) is 10.8 Å². The van der Waals surface area contributed by atoms with Gasteiger partial charge in [0, 0.05) is 5.56 Å². The predicted molar refractivity (Wildman–Crippen MR) is 85.9 cm³/mol. The number of nitrogens with zero attached hydrogens (tertiary/aromatic N) is 1. The van der Waals surface area contributed by atoms with Crippen LogP contribution in [0.5, 0.6) is 5.75 Å². The van der Waals surface area contributed by atoms with E-state index in [0.29, 0.717) is 0 Å². The summed E-state index contributed by atoms with van der Waals surface area (Å²) in [4.78, 5) is 0. The maximum Gasteiger partial charge on any atom is 0.184 e. The van der Waals surface area contributed by atoms with Gasteiger partial charge in [0.05, 0.1) is 13.3 Å². The van der Waals surface area contributed by atoms with E-state index in [4.69, 9.17) is 10.5 Å². The number of ether oxygens (including phenoxy) is 1. The molecule has 20 heavy (non-hydrogen) atoms. The predicted octanol–water partition coefficient (Wildman–Crippen LogP) is 2.53. The molecule has 0 unspecified atom stereocenters. The normalized spacial score (nSPS) is 10.4. The molecular formula is C15H15N3OS. The molecule has 0 saturated heterocycles. The molecule has 0 saturated carbocycles. The van der Waals surface area contributed by atoms with E-state index in [0.717, 1.165) is 22.4 Å². The lowest BCUT2D eigenvalue weighted by atomic mass is 10.0. The molecule has 2 rings (SSSR count). The Balaban J connectivity index is 2.30. The Morgan fingerprint density at radius 3 is 2.80 bits per heavy atom. The number of para-hydroxylation sites is 1. The Hall–Kier alpha value is -2.40. The van der Waals surface area contributed by atoms with E-state index in [9.17, 15) is 0 Å². The van der Waals surface area contributed by atoms with Crippen LogP contribution < -0.4 is 15.9 Å². The molecule has 0 aliphatic carbocycles. The molecule has 0 aromatic heterocycles. The first-order chi connectivity index (χ1) is 9.70. The van der Waals surface area contributed by atoms with Gasteiger partial charge in [-0.25, -0.2) is 0 Å². The summed E-state index contributed by atoms with van der Waals surface area (Å²) in [6.45, 7) is 0. The zero-order chi connectivity index (χ0) is 14.4. The van der Waals surface area contributed by atoms with Crippen LogP contribution in [-0.4, -0.2) is 18.4 Å². The smallest absolute Gasteiger partial charge is 0.184 e. The topological polar surface area (TPSA) is 59.6 Å². The molecule has 0 atom stereocenters. The number of hydrogen-bond donors (Lipinski definition) is 2. The zero-order valence-corrected chi connectivity index (χ0v) is 11.9. The maximum absolute atomic E-state index is 5.37. The first kappa shape index (κ1) is 14.0. The highest BCUT2D eigenvalue weighted by molar-refractivity contribution is 7.80. The lowest BCUT2D eigenvalue weighted by Gasteiger charge is -2.08. The summed E-state index contributed by atoms with van der Waals surface area (Å²) in [6, 6.07) is 15.8. The Bertz CT molecular complexity index is 641. The van der Waals surface area contributed by atoms with E-state index in [1.807, 2.05) is 48.5 Å². The second-order valence-corrected chi connectivity index (χ2v) is 4.50. The van der Waals surface area contributed by atoms with E-state index in [1.165, 1.54) is 0 Å². The van der Waals surface area contributed by atoms with Crippen molar-refractivity contribution in [2.75, 3.05) is 7.11 Å². The zero-order valence-electron chi connectivity index (χ0n) is 11.0. The summed E-state index contributed by atoms with van der Waals surface area (Å²) in [5.74, 6) is 0.836. The Labute approximate surface area is 123 Å². The highest BCUT2D eigenvalue weighted by Crippen LogP contribution is 2.29. The van der Waals surface area contributed by atoms with Crippen LogP contribution in [0, 0.1) is 0 Å². The van der Waals surface area contributed by atoms with Crippen LogP contribution in [0.1, 0.15) is 5.56 Å². The summed E-state index contributed by atoms with van der Waals surface area (Å²) in [5, 5.41) is 4.09. The standard InChI is InChI=1S/C15H15N3OS/c1-19-14-8-3-2-7-13(14)12-6-4-5-11(9-12)10-17-18-15(16)20/h2-10H,1H3,(H3,16,18,20). The minimum absolute atomic E-state index is 0.141. The number of hydrogen-bond acceptors (Lipinski definition) is 3. The van der Waals surface area contributed by atoms with Crippen molar-refractivity contribution in [3.63, 3.8) is 0 Å². The first-order valence-electron chi connectivity index (χ1n) is 6.02. The summed E-state index contributed by atoms with van der Waals surface area (Å²) in [5.41, 5.74) is 10.9. The molecule has 0 amide bonds. The van der Waals surface area contributed by atoms with E-state index in [-0.39, 0.29) is 5.11 Å². The van der Waals surface area contributed by atoms with Gasteiger partial charge in [0.1, 0.15) is 5.75 Å². The fourth-order valence-electron chi connectivity index (χ4n) is 1.84. The third-order valence-electron chi connectivity index (χ3n) is 2.69. The second-order valence-electron chi connectivity index (χ2n) is 4.06. The molecule has 0 aliphatic heterocycles. The van der Waals surface area contributed by atoms with Gasteiger partial charge in [-0.15, -0.1) is 0 Å². The molecule has 4 nitrogen and oxygen atoms in total. The molecule has 0 bridgehead atoms. The average Bonchev–Trinajstić information content (AvgIpc) is 2.47. The maximum atomic E-state index is 5.37. The van der Waals surface area contributed by atoms with Gasteiger partial charge in [0.15, 0.2) is 5.11 Å². The SMILES string of the molecule is COc1ccccc1-c1cccc(C=NNC(N)=S)c1. The van der Waals surface area contributed by atoms with Gasteiger partial charge in [-0.3, -0.25) is 5.43 Å². The molecular weight excluding hydrogens is 270 g/mol. The summed E-state index contributed by atoms with van der Waals surface area (Å²) < 4.78 is 5.37. The van der Waals surface area contributed by atoms with Gasteiger partial charge in [-0.05, 0) is 35.5 Å². The van der Waals surface area contributed by atoms with E-state index in [2.05, 4.69) is 22.7 Å². The first-order valence-corrected chi connectivity index (χ1v) is 6.43. The monoisotopic (exact) mass is 285 g/mol. The van der Waals surface area contributed by atoms with Crippen LogP contribution >= 0.6 is 12.2 Å². The molecule has 2 aromatic carbocycles. The second kappa shape index (κ2) is 6.68. The number of rotatable bonds is 4. The highest BCUT2D eigenvalue weighted by Gasteiger charge is 2.04. The summed E-state index contributed by atoms with van der Waals surface area (Å²) >= 11 is 4.68. The largest absolute Gasteiger partial charge is 0.496 e. The molecule has 0 aliphatic rings. The van der Waals surface area contributed by atoms with Crippen molar-refractivity contribution in [1.82, 2.24) is 5.43 Å². The molecule has 2 aromatic rings. The average molecular weight is 285 g/mol. The number of hydrazone groups is 1. The molecule has 3 N–H and O–H groups in total. The number of nitrogens with two attached hydrogens (primary N) is 1. The number of nitrogens with one attached hydrogen (secondary N) is 1. The summed E-state index contributed by atoms with van der Waals surface area (Å²) in [7, 11) is 1.66. The highest BCUT2D eigenvalue weighted by atomic mass is 32.1. The van der Waals surface area contributed by atoms with Gasteiger partial charge >= 0.3 is 0 Å². The van der Waals surface area contributed by atoms with Gasteiger partial charge in [0.2, 0.25) is 0 Å². The van der Waals surface area contributed by atoms with Crippen molar-refractivity contribution in [2.45, 2.75) is 0 Å². The minimum Gasteiger partial charge on any atom is -0.496 e. The van der Waals surface area contributed by atoms with Gasteiger partial charge in [-0.2, -0.15) is 5.10 Å². The van der Waals surface area contributed by atoms with Crippen LogP contribution in [0.15, 0.2) is 53.6 Å². The molecule has 5 heteroatoms. The fourth-order valence-corrected chi connectivity index (χ4v) is 1.89. The van der Waals surface area contributed by atoms with Crippen molar-refractivity contribution in [1.29, 1.82) is 0 Å². The minimum atomic E-state index is 0.141. The van der Waals surface area contributed by atoms with Gasteiger partial charge in [0.25, 0.3) is 0 Å². The lowest BCUT2D eigenvalue weighted by molar-refractivity contribution is 0.416.